The molecule has 64 heavy (non-hydrogen) atoms. The number of ether oxygens (including phenoxy) is 4. The third-order valence-corrected chi connectivity index (χ3v) is 12.8. The first kappa shape index (κ1) is 46.7. The number of imidazole rings is 2. The van der Waals surface area contributed by atoms with E-state index in [-0.39, 0.29) is 36.3 Å². The molecule has 4 aliphatic heterocycles. The molecule has 4 fully saturated rings. The summed E-state index contributed by atoms with van der Waals surface area (Å²) < 4.78 is 24.6. The van der Waals surface area contributed by atoms with Crippen LogP contribution in [0.25, 0.3) is 11.0 Å². The van der Waals surface area contributed by atoms with Crippen molar-refractivity contribution in [2.75, 3.05) is 66.8 Å². The summed E-state index contributed by atoms with van der Waals surface area (Å²) in [4.78, 5) is 51.1. The van der Waals surface area contributed by atoms with E-state index in [4.69, 9.17) is 40.7 Å². The number of pyridine rings is 2. The molecule has 0 bridgehead atoms. The second kappa shape index (κ2) is 21.6. The Morgan fingerprint density at radius 2 is 1.22 bits per heavy atom. The van der Waals surface area contributed by atoms with E-state index >= 15 is 0 Å². The van der Waals surface area contributed by atoms with Crippen LogP contribution in [0.5, 0.6) is 11.8 Å². The van der Waals surface area contributed by atoms with E-state index in [2.05, 4.69) is 54.0 Å². The van der Waals surface area contributed by atoms with Gasteiger partial charge in [0.2, 0.25) is 11.8 Å². The monoisotopic (exact) mass is 900 g/mol. The lowest BCUT2D eigenvalue weighted by Gasteiger charge is -2.21. The second-order valence-electron chi connectivity index (χ2n) is 16.8. The van der Waals surface area contributed by atoms with E-state index in [0.717, 1.165) is 120 Å². The molecule has 6 aromatic rings. The molecule has 0 aliphatic carbocycles. The number of alkyl halides is 1. The minimum absolute atomic E-state index is 0. The van der Waals surface area contributed by atoms with Crippen LogP contribution in [0, 0.1) is 11.8 Å². The Bertz CT molecular complexity index is 2550. The summed E-state index contributed by atoms with van der Waals surface area (Å²) in [6.07, 6.45) is 6.96. The van der Waals surface area contributed by atoms with Crippen LogP contribution >= 0.6 is 11.6 Å². The number of fused-ring (bicyclic) bond motifs is 2. The van der Waals surface area contributed by atoms with Crippen molar-refractivity contribution in [2.45, 2.75) is 83.1 Å². The van der Waals surface area contributed by atoms with E-state index < -0.39 is 0 Å². The molecule has 4 atom stereocenters. The van der Waals surface area contributed by atoms with Crippen molar-refractivity contribution in [3.05, 3.63) is 104 Å². The van der Waals surface area contributed by atoms with Gasteiger partial charge in [-0.15, -0.1) is 11.6 Å². The fourth-order valence-electron chi connectivity index (χ4n) is 8.93. The maximum absolute atomic E-state index is 12.8. The van der Waals surface area contributed by atoms with Crippen LogP contribution in [-0.4, -0.2) is 121 Å². The molecule has 18 nitrogen and oxygen atoms in total. The Hall–Kier alpha value is -5.27. The zero-order valence-corrected chi connectivity index (χ0v) is 37.1. The van der Waals surface area contributed by atoms with Crippen molar-refractivity contribution in [3.8, 4) is 11.8 Å². The van der Waals surface area contributed by atoms with Crippen molar-refractivity contribution < 1.29 is 18.9 Å². The molecule has 10 rings (SSSR count). The van der Waals surface area contributed by atoms with Gasteiger partial charge in [-0.3, -0.25) is 14.5 Å². The van der Waals surface area contributed by atoms with Gasteiger partial charge in [0.25, 0.3) is 11.1 Å². The zero-order valence-electron chi connectivity index (χ0n) is 36.3. The number of halogens is 1. The van der Waals surface area contributed by atoms with E-state index in [0.29, 0.717) is 46.4 Å². The first-order valence-corrected chi connectivity index (χ1v) is 22.4. The van der Waals surface area contributed by atoms with E-state index in [1.807, 2.05) is 30.3 Å². The lowest BCUT2D eigenvalue weighted by Crippen LogP contribution is -2.24. The molecular weight excluding hydrogens is 840 g/mol. The summed E-state index contributed by atoms with van der Waals surface area (Å²) in [5.41, 5.74) is 2.62. The molecule has 0 saturated carbocycles. The predicted octanol–water partition coefficient (Wildman–Crippen LogP) is 5.05. The number of hydrogen-bond donors (Lipinski definition) is 3. The average Bonchev–Trinajstić information content (AvgIpc) is 4.14. The van der Waals surface area contributed by atoms with Crippen molar-refractivity contribution in [2.24, 2.45) is 11.8 Å². The van der Waals surface area contributed by atoms with Gasteiger partial charge in [0.1, 0.15) is 23.3 Å². The summed E-state index contributed by atoms with van der Waals surface area (Å²) in [6.45, 7) is 11.6. The number of nitrogens with one attached hydrogen (secondary N) is 3. The lowest BCUT2D eigenvalue weighted by atomic mass is 9.97. The number of nitrogens with zero attached hydrogens (tertiary/aromatic N) is 9. The highest BCUT2D eigenvalue weighted by molar-refractivity contribution is 6.16. The molecule has 4 saturated heterocycles. The molecule has 4 aliphatic rings. The Morgan fingerprint density at radius 3 is 1.72 bits per heavy atom. The molecule has 0 spiro atoms. The van der Waals surface area contributed by atoms with Crippen LogP contribution in [0.3, 0.4) is 0 Å². The zero-order chi connectivity index (χ0) is 43.9. The van der Waals surface area contributed by atoms with E-state index in [1.54, 1.807) is 41.7 Å². The lowest BCUT2D eigenvalue weighted by molar-refractivity contribution is 0.0831. The van der Waals surface area contributed by atoms with E-state index in [9.17, 15) is 9.59 Å². The number of likely N-dealkylation sites (tertiary alicyclic amines) is 1. The largest absolute Gasteiger partial charge is 0.481 e. The number of methoxy groups -OCH3 is 2. The van der Waals surface area contributed by atoms with Crippen LogP contribution in [0.15, 0.2) is 58.4 Å². The molecule has 3 N–H and O–H groups in total. The van der Waals surface area contributed by atoms with Crippen LogP contribution in [0.4, 0.5) is 0 Å². The molecule has 6 aromatic heterocycles. The Kier molecular flexibility index (Phi) is 15.8. The molecule has 0 amide bonds. The van der Waals surface area contributed by atoms with Crippen LogP contribution in [-0.2, 0) is 21.9 Å². The summed E-state index contributed by atoms with van der Waals surface area (Å²) in [5, 5.41) is 12.9. The molecule has 344 valence electrons. The minimum atomic E-state index is -0.129. The highest BCUT2D eigenvalue weighted by Gasteiger charge is 2.34. The van der Waals surface area contributed by atoms with Crippen LogP contribution in [0.1, 0.15) is 105 Å². The maximum atomic E-state index is 12.8. The third kappa shape index (κ3) is 10.6. The van der Waals surface area contributed by atoms with E-state index in [1.165, 1.54) is 0 Å². The van der Waals surface area contributed by atoms with Gasteiger partial charge in [0.05, 0.1) is 43.9 Å². The smallest absolute Gasteiger partial charge is 0.276 e. The van der Waals surface area contributed by atoms with Crippen molar-refractivity contribution in [1.29, 1.82) is 0 Å². The summed E-state index contributed by atoms with van der Waals surface area (Å²) in [6, 6.07) is 11.3. The van der Waals surface area contributed by atoms with Crippen LogP contribution in [0.2, 0.25) is 0 Å². The van der Waals surface area contributed by atoms with Crippen molar-refractivity contribution in [3.63, 3.8) is 0 Å². The number of aromatic nitrogens is 10. The Morgan fingerprint density at radius 1 is 0.703 bits per heavy atom. The number of H-pyrrole nitrogens is 2. The highest BCUT2D eigenvalue weighted by Crippen LogP contribution is 2.32. The Labute approximate surface area is 377 Å². The SMILES string of the molecule is C.CC1CNCC1c1nn2c(C3CCOCC3)ncc2c(=O)[nH]1.COc1cccc(CCl)n1.COc1cccc(CN2CC(C)C(c3nn4c(C5CCOCC5)ncc4c(=O)[nH]3)C2)n1. The first-order chi connectivity index (χ1) is 30.7. The number of hydrogen-bond acceptors (Lipinski definition) is 14. The molecule has 0 radical (unpaired) electrons. The molecule has 19 heteroatoms. The maximum Gasteiger partial charge on any atom is 0.276 e. The van der Waals surface area contributed by atoms with Crippen molar-refractivity contribution >= 4 is 22.6 Å². The van der Waals surface area contributed by atoms with Gasteiger partial charge in [-0.2, -0.15) is 10.2 Å². The van der Waals surface area contributed by atoms with Gasteiger partial charge < -0.3 is 34.2 Å². The van der Waals surface area contributed by atoms with Gasteiger partial charge in [0, 0.05) is 88.4 Å². The quantitative estimate of drug-likeness (QED) is 0.163. The minimum Gasteiger partial charge on any atom is -0.481 e. The van der Waals surface area contributed by atoms with Crippen molar-refractivity contribution in [1.82, 2.24) is 59.3 Å². The van der Waals surface area contributed by atoms with Gasteiger partial charge in [-0.25, -0.2) is 29.0 Å². The van der Waals surface area contributed by atoms with Crippen LogP contribution < -0.4 is 25.9 Å². The van der Waals surface area contributed by atoms with Gasteiger partial charge in [-0.1, -0.05) is 33.4 Å². The fraction of sp³-hybridized carbons (Fsp3) is 0.556. The topological polar surface area (TPSA) is 204 Å². The standard InChI is InChI=1S/C22H28N6O3.C15H21N5O2.C7H8ClNO.CH4/c1-14-11-27(12-16-4-3-5-19(24-16)30-2)13-17(14)20-25-22(29)18-10-23-21(28(18)26-20)15-6-8-31-9-7-15;1-9-6-16-7-11(9)13-18-15(21)12-8-17-14(20(12)19-13)10-2-4-22-5-3-10;1-10-7-4-2-3-6(5-8)9-7;/h3-5,10,14-15,17H,6-9,11-13H2,1-2H3,(H,25,26,29);8-11,16H,2-7H2,1H3,(H,18,19,21);2-4H,5H2,1H3;1H4. The number of rotatable bonds is 9. The average molecular weight is 902 g/mol. The summed E-state index contributed by atoms with van der Waals surface area (Å²) in [7, 11) is 3.21. The predicted molar refractivity (Wildman–Crippen MR) is 243 cm³/mol. The highest BCUT2D eigenvalue weighted by atomic mass is 35.5. The van der Waals surface area contributed by atoms with Gasteiger partial charge >= 0.3 is 0 Å². The molecule has 10 heterocycles. The summed E-state index contributed by atoms with van der Waals surface area (Å²) >= 11 is 5.54. The Balaban J connectivity index is 0.000000161. The number of aromatic amines is 2. The fourth-order valence-corrected chi connectivity index (χ4v) is 9.08. The van der Waals surface area contributed by atoms with Gasteiger partial charge in [0.15, 0.2) is 11.0 Å². The summed E-state index contributed by atoms with van der Waals surface area (Å²) in [5.74, 6) is 6.74. The molecule has 4 unspecified atom stereocenters. The molecule has 0 aromatic carbocycles. The third-order valence-electron chi connectivity index (χ3n) is 12.5. The first-order valence-electron chi connectivity index (χ1n) is 21.8. The normalized spacial score (nSPS) is 21.8. The second-order valence-corrected chi connectivity index (χ2v) is 17.0. The molecular formula is C45H61ClN12O6. The van der Waals surface area contributed by atoms with Gasteiger partial charge in [-0.05, 0) is 56.2 Å².